The molecule has 1 amide bonds. The van der Waals surface area contributed by atoms with Crippen molar-refractivity contribution in [1.82, 2.24) is 20.8 Å². The molecule has 1 unspecified atom stereocenters. The molecule has 124 valence electrons. The molecule has 0 spiro atoms. The molecule has 0 saturated heterocycles. The highest BCUT2D eigenvalue weighted by Crippen LogP contribution is 2.19. The lowest BCUT2D eigenvalue weighted by molar-refractivity contribution is 0.0933. The first-order chi connectivity index (χ1) is 10.5. The van der Waals surface area contributed by atoms with Gasteiger partial charge in [-0.05, 0) is 26.3 Å². The number of fused-ring (bicyclic) bond motifs is 1. The summed E-state index contributed by atoms with van der Waals surface area (Å²) in [5.74, 6) is -0.118. The van der Waals surface area contributed by atoms with E-state index in [4.69, 9.17) is 0 Å². The number of aryl methyl sites for hydroxylation is 2. The maximum Gasteiger partial charge on any atom is 0.272 e. The minimum absolute atomic E-state index is 0. The molecule has 23 heavy (non-hydrogen) atoms. The summed E-state index contributed by atoms with van der Waals surface area (Å²) >= 11 is 0. The molecule has 3 rings (SSSR count). The van der Waals surface area contributed by atoms with Crippen molar-refractivity contribution in [3.05, 3.63) is 51.8 Å². The van der Waals surface area contributed by atoms with E-state index in [2.05, 4.69) is 52.9 Å². The van der Waals surface area contributed by atoms with Crippen LogP contribution in [0.3, 0.4) is 0 Å². The average Bonchev–Trinajstić information content (AvgIpc) is 2.90. The van der Waals surface area contributed by atoms with Gasteiger partial charge in [0.25, 0.3) is 5.91 Å². The molecule has 1 aliphatic rings. The van der Waals surface area contributed by atoms with E-state index in [1.165, 1.54) is 11.1 Å². The summed E-state index contributed by atoms with van der Waals surface area (Å²) in [5.41, 5.74) is 6.11. The molecular formula is C17H23ClN4O. The molecule has 1 atom stereocenters. The quantitative estimate of drug-likeness (QED) is 0.808. The van der Waals surface area contributed by atoms with E-state index in [0.29, 0.717) is 12.2 Å². The number of amides is 1. The Bertz CT molecular complexity index is 690. The van der Waals surface area contributed by atoms with Crippen LogP contribution in [-0.2, 0) is 13.0 Å². The van der Waals surface area contributed by atoms with Gasteiger partial charge in [0.05, 0.1) is 6.04 Å². The number of aromatic amines is 1. The number of rotatable bonds is 3. The normalized spacial score (nSPS) is 14.6. The number of benzene rings is 1. The summed E-state index contributed by atoms with van der Waals surface area (Å²) in [4.78, 5) is 12.5. The highest BCUT2D eigenvalue weighted by molar-refractivity contribution is 5.94. The predicted octanol–water partition coefficient (Wildman–Crippen LogP) is 2.59. The van der Waals surface area contributed by atoms with Gasteiger partial charge in [0.15, 0.2) is 5.69 Å². The van der Waals surface area contributed by atoms with E-state index in [9.17, 15) is 4.79 Å². The Morgan fingerprint density at radius 1 is 1.26 bits per heavy atom. The van der Waals surface area contributed by atoms with Gasteiger partial charge in [-0.15, -0.1) is 12.4 Å². The van der Waals surface area contributed by atoms with Gasteiger partial charge in [-0.25, -0.2) is 0 Å². The van der Waals surface area contributed by atoms with Crippen molar-refractivity contribution in [3.63, 3.8) is 0 Å². The van der Waals surface area contributed by atoms with Crippen LogP contribution in [-0.4, -0.2) is 22.6 Å². The van der Waals surface area contributed by atoms with E-state index in [-0.39, 0.29) is 24.4 Å². The Morgan fingerprint density at radius 3 is 2.65 bits per heavy atom. The largest absolute Gasteiger partial charge is 0.344 e. The molecule has 1 aromatic carbocycles. The summed E-state index contributed by atoms with van der Waals surface area (Å²) in [7, 11) is 0. The van der Waals surface area contributed by atoms with Crippen LogP contribution in [0.15, 0.2) is 18.2 Å². The van der Waals surface area contributed by atoms with E-state index in [1.54, 1.807) is 0 Å². The third kappa shape index (κ3) is 3.74. The Hall–Kier alpha value is -1.85. The summed E-state index contributed by atoms with van der Waals surface area (Å²) in [5, 5.41) is 13.5. The van der Waals surface area contributed by atoms with Gasteiger partial charge >= 0.3 is 0 Å². The molecule has 0 fully saturated rings. The number of aromatic nitrogens is 2. The number of hydrogen-bond acceptors (Lipinski definition) is 3. The number of nitrogens with zero attached hydrogens (tertiary/aromatic N) is 1. The molecule has 1 aliphatic heterocycles. The molecule has 0 aliphatic carbocycles. The smallest absolute Gasteiger partial charge is 0.272 e. The van der Waals surface area contributed by atoms with Gasteiger partial charge < -0.3 is 10.6 Å². The molecule has 0 radical (unpaired) electrons. The molecule has 2 aromatic rings. The summed E-state index contributed by atoms with van der Waals surface area (Å²) in [6.07, 6.45) is 0.891. The minimum atomic E-state index is -0.118. The van der Waals surface area contributed by atoms with Crippen LogP contribution < -0.4 is 10.6 Å². The van der Waals surface area contributed by atoms with Crippen LogP contribution in [0, 0.1) is 13.8 Å². The first-order valence-electron chi connectivity index (χ1n) is 7.70. The maximum atomic E-state index is 12.5. The number of nitrogens with one attached hydrogen (secondary N) is 3. The van der Waals surface area contributed by atoms with Crippen molar-refractivity contribution in [2.24, 2.45) is 0 Å². The highest BCUT2D eigenvalue weighted by atomic mass is 35.5. The second-order valence-corrected chi connectivity index (χ2v) is 6.07. The van der Waals surface area contributed by atoms with Crippen molar-refractivity contribution in [2.45, 2.75) is 39.8 Å². The van der Waals surface area contributed by atoms with E-state index in [1.807, 2.05) is 6.92 Å². The lowest BCUT2D eigenvalue weighted by Crippen LogP contribution is -2.30. The number of carbonyl (C=O) groups is 1. The fourth-order valence-corrected chi connectivity index (χ4v) is 3.02. The topological polar surface area (TPSA) is 69.8 Å². The monoisotopic (exact) mass is 334 g/mol. The van der Waals surface area contributed by atoms with Crippen LogP contribution in [0.4, 0.5) is 0 Å². The van der Waals surface area contributed by atoms with Gasteiger partial charge in [-0.2, -0.15) is 5.10 Å². The van der Waals surface area contributed by atoms with Crippen LogP contribution in [0.1, 0.15) is 51.4 Å². The number of H-pyrrole nitrogens is 1. The van der Waals surface area contributed by atoms with E-state index < -0.39 is 0 Å². The molecule has 3 N–H and O–H groups in total. The number of hydrogen-bond donors (Lipinski definition) is 3. The van der Waals surface area contributed by atoms with Crippen LogP contribution >= 0.6 is 12.4 Å². The Labute approximate surface area is 142 Å². The molecule has 1 aromatic heterocycles. The summed E-state index contributed by atoms with van der Waals surface area (Å²) < 4.78 is 0. The van der Waals surface area contributed by atoms with Crippen LogP contribution in [0.2, 0.25) is 0 Å². The van der Waals surface area contributed by atoms with Crippen LogP contribution in [0.5, 0.6) is 0 Å². The summed E-state index contributed by atoms with van der Waals surface area (Å²) in [6, 6.07) is 6.31. The Balaban J connectivity index is 0.00000192. The number of carbonyl (C=O) groups excluding carboxylic acids is 1. The fourth-order valence-electron chi connectivity index (χ4n) is 3.02. The Kier molecular flexibility index (Phi) is 5.44. The van der Waals surface area contributed by atoms with Crippen LogP contribution in [0.25, 0.3) is 0 Å². The standard InChI is InChI=1S/C17H22N4O.ClH/c1-10-6-11(2)8-13(7-10)12(3)19-17(22)16-14-9-18-5-4-15(14)20-21-16;/h6-8,12,18H,4-5,9H2,1-3H3,(H,19,22)(H,20,21);1H. The molecule has 5 nitrogen and oxygen atoms in total. The third-order valence-corrected chi connectivity index (χ3v) is 4.11. The van der Waals surface area contributed by atoms with E-state index >= 15 is 0 Å². The third-order valence-electron chi connectivity index (χ3n) is 4.11. The van der Waals surface area contributed by atoms with Crippen molar-refractivity contribution in [1.29, 1.82) is 0 Å². The lowest BCUT2D eigenvalue weighted by Gasteiger charge is -2.17. The molecule has 0 saturated carbocycles. The zero-order valence-corrected chi connectivity index (χ0v) is 14.5. The minimum Gasteiger partial charge on any atom is -0.344 e. The average molecular weight is 335 g/mol. The zero-order chi connectivity index (χ0) is 15.7. The number of halogens is 1. The fraction of sp³-hybridized carbons (Fsp3) is 0.412. The lowest BCUT2D eigenvalue weighted by atomic mass is 10.0. The first kappa shape index (κ1) is 17.5. The molecule has 2 heterocycles. The van der Waals surface area contributed by atoms with Gasteiger partial charge in [0.1, 0.15) is 0 Å². The molecule has 6 heteroatoms. The predicted molar refractivity (Wildman–Crippen MR) is 93.0 cm³/mol. The summed E-state index contributed by atoms with van der Waals surface area (Å²) in [6.45, 7) is 7.77. The van der Waals surface area contributed by atoms with Crippen molar-refractivity contribution in [3.8, 4) is 0 Å². The van der Waals surface area contributed by atoms with Gasteiger partial charge in [0.2, 0.25) is 0 Å². The van der Waals surface area contributed by atoms with Crippen molar-refractivity contribution >= 4 is 18.3 Å². The molecule has 0 bridgehead atoms. The zero-order valence-electron chi connectivity index (χ0n) is 13.7. The Morgan fingerprint density at radius 2 is 1.96 bits per heavy atom. The first-order valence-corrected chi connectivity index (χ1v) is 7.70. The van der Waals surface area contributed by atoms with E-state index in [0.717, 1.165) is 29.8 Å². The van der Waals surface area contributed by atoms with Gasteiger partial charge in [-0.1, -0.05) is 29.3 Å². The van der Waals surface area contributed by atoms with Gasteiger partial charge in [0, 0.05) is 30.8 Å². The SMILES string of the molecule is Cc1cc(C)cc(C(C)NC(=O)c2n[nH]c3c2CNCC3)c1.Cl. The highest BCUT2D eigenvalue weighted by Gasteiger charge is 2.22. The second kappa shape index (κ2) is 7.15. The van der Waals surface area contributed by atoms with Gasteiger partial charge in [-0.3, -0.25) is 9.89 Å². The molecular weight excluding hydrogens is 312 g/mol. The van der Waals surface area contributed by atoms with Crippen molar-refractivity contribution in [2.75, 3.05) is 6.54 Å². The maximum absolute atomic E-state index is 12.5. The van der Waals surface area contributed by atoms with Crippen molar-refractivity contribution < 1.29 is 4.79 Å². The second-order valence-electron chi connectivity index (χ2n) is 6.07.